The third-order valence-corrected chi connectivity index (χ3v) is 5.07. The van der Waals surface area contributed by atoms with Crippen LogP contribution in [0.4, 0.5) is 8.78 Å². The summed E-state index contributed by atoms with van der Waals surface area (Å²) in [4.78, 5) is 12.0. The van der Waals surface area contributed by atoms with Crippen LogP contribution in [0.3, 0.4) is 0 Å². The molecular formula is C20H22F2N4O. The van der Waals surface area contributed by atoms with Gasteiger partial charge in [-0.3, -0.25) is 9.88 Å². The first-order valence-electron chi connectivity index (χ1n) is 9.12. The zero-order valence-electron chi connectivity index (χ0n) is 15.2. The topological polar surface area (TPSA) is 49.8 Å². The van der Waals surface area contributed by atoms with Gasteiger partial charge in [-0.2, -0.15) is 0 Å². The van der Waals surface area contributed by atoms with Crippen molar-refractivity contribution in [3.05, 3.63) is 65.0 Å². The second-order valence-electron chi connectivity index (χ2n) is 7.29. The SMILES string of the molecule is CCO/N=C(\c1ccc(F)c(F)c1)c1ccc(CN2CC3(CNC3)C2)cn1. The van der Waals surface area contributed by atoms with Gasteiger partial charge in [0.15, 0.2) is 11.6 Å². The van der Waals surface area contributed by atoms with Crippen LogP contribution >= 0.6 is 0 Å². The van der Waals surface area contributed by atoms with E-state index in [0.29, 0.717) is 29.0 Å². The van der Waals surface area contributed by atoms with Gasteiger partial charge in [-0.15, -0.1) is 0 Å². The molecule has 5 nitrogen and oxygen atoms in total. The van der Waals surface area contributed by atoms with Gasteiger partial charge in [0.2, 0.25) is 0 Å². The Balaban J connectivity index is 1.49. The van der Waals surface area contributed by atoms with Gasteiger partial charge in [-0.25, -0.2) is 8.78 Å². The standard InChI is InChI=1S/C20H22F2N4O/c1-2-27-25-19(15-4-5-16(21)17(22)7-15)18-6-3-14(8-24-18)9-26-12-20(13-26)10-23-11-20/h3-8,23H,2,9-13H2,1H3/b25-19+. The van der Waals surface area contributed by atoms with E-state index in [1.54, 1.807) is 13.1 Å². The smallest absolute Gasteiger partial charge is 0.159 e. The Morgan fingerprint density at radius 3 is 2.63 bits per heavy atom. The molecule has 2 saturated heterocycles. The van der Waals surface area contributed by atoms with Crippen LogP contribution in [-0.4, -0.2) is 48.4 Å². The van der Waals surface area contributed by atoms with Gasteiger partial charge in [0, 0.05) is 49.9 Å². The summed E-state index contributed by atoms with van der Waals surface area (Å²) < 4.78 is 26.9. The van der Waals surface area contributed by atoms with E-state index in [0.717, 1.165) is 50.4 Å². The minimum Gasteiger partial charge on any atom is -0.396 e. The zero-order valence-corrected chi connectivity index (χ0v) is 15.2. The third-order valence-electron chi connectivity index (χ3n) is 5.07. The van der Waals surface area contributed by atoms with Crippen molar-refractivity contribution in [1.82, 2.24) is 15.2 Å². The highest BCUT2D eigenvalue weighted by atomic mass is 19.2. The molecule has 0 atom stereocenters. The van der Waals surface area contributed by atoms with E-state index in [-0.39, 0.29) is 0 Å². The van der Waals surface area contributed by atoms with E-state index in [2.05, 4.69) is 20.4 Å². The average Bonchev–Trinajstić information content (AvgIpc) is 2.60. The monoisotopic (exact) mass is 372 g/mol. The normalized spacial score (nSPS) is 18.9. The summed E-state index contributed by atoms with van der Waals surface area (Å²) in [7, 11) is 0. The molecule has 4 rings (SSSR count). The lowest BCUT2D eigenvalue weighted by Crippen LogP contribution is -2.70. The second kappa shape index (κ2) is 7.32. The Hall–Kier alpha value is -2.38. The number of rotatable bonds is 6. The lowest BCUT2D eigenvalue weighted by molar-refractivity contribution is -0.0445. The fourth-order valence-corrected chi connectivity index (χ4v) is 3.65. The highest BCUT2D eigenvalue weighted by molar-refractivity contribution is 6.11. The van der Waals surface area contributed by atoms with Crippen molar-refractivity contribution >= 4 is 5.71 Å². The molecule has 0 unspecified atom stereocenters. The number of nitrogens with zero attached hydrogens (tertiary/aromatic N) is 3. The van der Waals surface area contributed by atoms with Crippen LogP contribution in [0, 0.1) is 17.0 Å². The number of halogens is 2. The number of pyridine rings is 1. The summed E-state index contributed by atoms with van der Waals surface area (Å²) in [5.74, 6) is -1.82. The summed E-state index contributed by atoms with van der Waals surface area (Å²) in [5.41, 5.74) is 2.97. The first-order valence-corrected chi connectivity index (χ1v) is 9.12. The molecule has 0 bridgehead atoms. The lowest BCUT2D eigenvalue weighted by atomic mass is 9.74. The van der Waals surface area contributed by atoms with Crippen molar-refractivity contribution in [1.29, 1.82) is 0 Å². The minimum absolute atomic E-state index is 0.372. The molecule has 0 amide bonds. The van der Waals surface area contributed by atoms with Gasteiger partial charge in [-0.1, -0.05) is 11.2 Å². The zero-order chi connectivity index (χ0) is 18.9. The van der Waals surface area contributed by atoms with Crippen molar-refractivity contribution in [2.24, 2.45) is 10.6 Å². The maximum absolute atomic E-state index is 13.6. The van der Waals surface area contributed by atoms with E-state index in [4.69, 9.17) is 4.84 Å². The van der Waals surface area contributed by atoms with Crippen LogP contribution in [0.1, 0.15) is 23.7 Å². The highest BCUT2D eigenvalue weighted by Gasteiger charge is 2.47. The number of benzene rings is 1. The van der Waals surface area contributed by atoms with Gasteiger partial charge in [0.1, 0.15) is 12.3 Å². The molecule has 142 valence electrons. The maximum Gasteiger partial charge on any atom is 0.159 e. The van der Waals surface area contributed by atoms with E-state index >= 15 is 0 Å². The van der Waals surface area contributed by atoms with E-state index < -0.39 is 11.6 Å². The molecule has 1 spiro atoms. The van der Waals surface area contributed by atoms with Crippen molar-refractivity contribution in [2.75, 3.05) is 32.8 Å². The molecule has 2 aliphatic heterocycles. The predicted octanol–water partition coefficient (Wildman–Crippen LogP) is 2.55. The quantitative estimate of drug-likeness (QED) is 0.626. The number of likely N-dealkylation sites (tertiary alicyclic amines) is 1. The summed E-state index contributed by atoms with van der Waals surface area (Å²) in [5, 5.41) is 7.39. The summed E-state index contributed by atoms with van der Waals surface area (Å²) in [6.45, 7) is 7.51. The van der Waals surface area contributed by atoms with Crippen molar-refractivity contribution in [2.45, 2.75) is 13.5 Å². The van der Waals surface area contributed by atoms with Gasteiger partial charge in [-0.05, 0) is 36.8 Å². The fraction of sp³-hybridized carbons (Fsp3) is 0.400. The summed E-state index contributed by atoms with van der Waals surface area (Å²) in [6.07, 6.45) is 1.81. The number of oxime groups is 1. The van der Waals surface area contributed by atoms with Crippen LogP contribution in [0.5, 0.6) is 0 Å². The van der Waals surface area contributed by atoms with E-state index in [9.17, 15) is 8.78 Å². The molecule has 2 aliphatic rings. The molecule has 0 saturated carbocycles. The first kappa shape index (κ1) is 18.0. The molecule has 1 N–H and O–H groups in total. The van der Waals surface area contributed by atoms with Gasteiger partial charge < -0.3 is 10.2 Å². The van der Waals surface area contributed by atoms with E-state index in [1.807, 2.05) is 12.1 Å². The first-order chi connectivity index (χ1) is 13.1. The number of aromatic nitrogens is 1. The largest absolute Gasteiger partial charge is 0.396 e. The summed E-state index contributed by atoms with van der Waals surface area (Å²) in [6, 6.07) is 7.49. The Labute approximate surface area is 157 Å². The van der Waals surface area contributed by atoms with Crippen LogP contribution in [0.15, 0.2) is 41.7 Å². The molecule has 0 radical (unpaired) electrons. The molecule has 0 aliphatic carbocycles. The van der Waals surface area contributed by atoms with E-state index in [1.165, 1.54) is 6.07 Å². The van der Waals surface area contributed by atoms with Crippen LogP contribution in [-0.2, 0) is 11.4 Å². The molecule has 1 aromatic carbocycles. The van der Waals surface area contributed by atoms with Crippen molar-refractivity contribution in [3.63, 3.8) is 0 Å². The van der Waals surface area contributed by atoms with Crippen LogP contribution in [0.2, 0.25) is 0 Å². The molecule has 1 aromatic heterocycles. The van der Waals surface area contributed by atoms with Gasteiger partial charge in [0.25, 0.3) is 0 Å². The molecule has 7 heteroatoms. The molecule has 27 heavy (non-hydrogen) atoms. The Kier molecular flexibility index (Phi) is 4.88. The van der Waals surface area contributed by atoms with Crippen LogP contribution < -0.4 is 5.32 Å². The van der Waals surface area contributed by atoms with Crippen LogP contribution in [0.25, 0.3) is 0 Å². The highest BCUT2D eigenvalue weighted by Crippen LogP contribution is 2.34. The molecule has 3 heterocycles. The molecular weight excluding hydrogens is 350 g/mol. The summed E-state index contributed by atoms with van der Waals surface area (Å²) >= 11 is 0. The van der Waals surface area contributed by atoms with Crippen molar-refractivity contribution < 1.29 is 13.6 Å². The van der Waals surface area contributed by atoms with Gasteiger partial charge >= 0.3 is 0 Å². The number of hydrogen-bond donors (Lipinski definition) is 1. The predicted molar refractivity (Wildman–Crippen MR) is 98.4 cm³/mol. The second-order valence-corrected chi connectivity index (χ2v) is 7.29. The van der Waals surface area contributed by atoms with Crippen molar-refractivity contribution in [3.8, 4) is 0 Å². The van der Waals surface area contributed by atoms with Gasteiger partial charge in [0.05, 0.1) is 5.69 Å². The molecule has 2 aromatic rings. The number of hydrogen-bond acceptors (Lipinski definition) is 5. The fourth-order valence-electron chi connectivity index (χ4n) is 3.65. The number of nitrogens with one attached hydrogen (secondary N) is 1. The Bertz CT molecular complexity index is 842. The third kappa shape index (κ3) is 3.70. The lowest BCUT2D eigenvalue weighted by Gasteiger charge is -2.56. The Morgan fingerprint density at radius 1 is 1.22 bits per heavy atom. The average molecular weight is 372 g/mol. The maximum atomic E-state index is 13.6. The molecule has 2 fully saturated rings. The Morgan fingerprint density at radius 2 is 2.04 bits per heavy atom. The minimum atomic E-state index is -0.925.